The fourth-order valence-electron chi connectivity index (χ4n) is 3.37. The van der Waals surface area contributed by atoms with E-state index in [9.17, 15) is 4.79 Å². The molecule has 0 radical (unpaired) electrons. The maximum Gasteiger partial charge on any atom is 0.234 e. The number of nitrogens with one attached hydrogen (secondary N) is 2. The zero-order valence-electron chi connectivity index (χ0n) is 17.9. The fourth-order valence-corrected chi connectivity index (χ4v) is 3.37. The van der Waals surface area contributed by atoms with E-state index in [4.69, 9.17) is 14.2 Å². The molecule has 0 saturated carbocycles. The van der Waals surface area contributed by atoms with Crippen LogP contribution in [-0.4, -0.2) is 114 Å². The lowest BCUT2D eigenvalue weighted by Gasteiger charge is -2.36. The first-order valence-corrected chi connectivity index (χ1v) is 10.4. The summed E-state index contributed by atoms with van der Waals surface area (Å²) in [4.78, 5) is 20.7. The lowest BCUT2D eigenvalue weighted by atomic mass is 10.1. The lowest BCUT2D eigenvalue weighted by Crippen LogP contribution is -2.54. The van der Waals surface area contributed by atoms with E-state index in [-0.39, 0.29) is 29.9 Å². The fraction of sp³-hybridized carbons (Fsp3) is 0.895. The van der Waals surface area contributed by atoms with Crippen molar-refractivity contribution in [3.63, 3.8) is 0 Å². The topological polar surface area (TPSA) is 87.7 Å². The highest BCUT2D eigenvalue weighted by Gasteiger charge is 2.21. The number of ether oxygens (including phenoxy) is 3. The number of piperazine rings is 1. The maximum atomic E-state index is 11.9. The molecule has 2 N–H and O–H groups in total. The first-order valence-electron chi connectivity index (χ1n) is 10.4. The van der Waals surface area contributed by atoms with Gasteiger partial charge < -0.3 is 29.7 Å². The Kier molecular flexibility index (Phi) is 14.6. The number of nitrogens with zero attached hydrogens (tertiary/aromatic N) is 3. The van der Waals surface area contributed by atoms with Gasteiger partial charge in [-0.2, -0.15) is 0 Å². The summed E-state index contributed by atoms with van der Waals surface area (Å²) in [6, 6.07) is 0. The molecule has 0 aliphatic carbocycles. The van der Waals surface area contributed by atoms with E-state index in [1.165, 1.54) is 0 Å². The van der Waals surface area contributed by atoms with Crippen molar-refractivity contribution < 1.29 is 19.0 Å². The predicted octanol–water partition coefficient (Wildman–Crippen LogP) is 0.146. The summed E-state index contributed by atoms with van der Waals surface area (Å²) in [7, 11) is 3.45. The summed E-state index contributed by atoms with van der Waals surface area (Å²) in [5.41, 5.74) is 0. The van der Waals surface area contributed by atoms with Crippen molar-refractivity contribution in [1.82, 2.24) is 20.4 Å². The first-order chi connectivity index (χ1) is 13.7. The summed E-state index contributed by atoms with van der Waals surface area (Å²) >= 11 is 0. The molecule has 0 aromatic carbocycles. The molecule has 0 aromatic heterocycles. The van der Waals surface area contributed by atoms with Gasteiger partial charge in [0.05, 0.1) is 19.3 Å². The highest BCUT2D eigenvalue weighted by Crippen LogP contribution is 2.10. The second-order valence-electron chi connectivity index (χ2n) is 7.12. The number of methoxy groups -OCH3 is 1. The highest BCUT2D eigenvalue weighted by molar-refractivity contribution is 14.0. The Morgan fingerprint density at radius 3 is 2.48 bits per heavy atom. The molecule has 2 saturated heterocycles. The number of amides is 1. The number of guanidine groups is 1. The molecule has 0 spiro atoms. The third-order valence-electron chi connectivity index (χ3n) is 5.01. The maximum absolute atomic E-state index is 11.9. The van der Waals surface area contributed by atoms with Gasteiger partial charge in [0.25, 0.3) is 0 Å². The van der Waals surface area contributed by atoms with E-state index in [0.29, 0.717) is 25.8 Å². The van der Waals surface area contributed by atoms with E-state index < -0.39 is 0 Å². The van der Waals surface area contributed by atoms with Gasteiger partial charge in [-0.1, -0.05) is 0 Å². The number of aliphatic imine (C=N–C) groups is 1. The molecule has 170 valence electrons. The Morgan fingerprint density at radius 2 is 1.83 bits per heavy atom. The van der Waals surface area contributed by atoms with Crippen LogP contribution in [0.1, 0.15) is 19.3 Å². The third-order valence-corrected chi connectivity index (χ3v) is 5.01. The molecule has 2 aliphatic heterocycles. The van der Waals surface area contributed by atoms with E-state index in [0.717, 1.165) is 77.8 Å². The van der Waals surface area contributed by atoms with Crippen LogP contribution in [0.3, 0.4) is 0 Å². The molecular weight excluding hydrogens is 489 g/mol. The lowest BCUT2D eigenvalue weighted by molar-refractivity contribution is -0.122. The minimum absolute atomic E-state index is 0. The SMILES string of the molecule is CN=C(NCCCOC1CCOCC1)N1CCN(CC(=O)NCCOC)CC1.I. The number of hydrogen-bond acceptors (Lipinski definition) is 6. The molecule has 2 fully saturated rings. The van der Waals surface area contributed by atoms with E-state index in [1.54, 1.807) is 7.11 Å². The summed E-state index contributed by atoms with van der Waals surface area (Å²) in [5.74, 6) is 0.979. The van der Waals surface area contributed by atoms with E-state index in [2.05, 4.69) is 25.4 Å². The minimum atomic E-state index is 0. The van der Waals surface area contributed by atoms with Crippen LogP contribution in [0, 0.1) is 0 Å². The Balaban J connectivity index is 0.00000420. The van der Waals surface area contributed by atoms with Gasteiger partial charge in [0, 0.05) is 73.2 Å². The Labute approximate surface area is 191 Å². The average molecular weight is 527 g/mol. The first kappa shape index (κ1) is 26.3. The van der Waals surface area contributed by atoms with Crippen molar-refractivity contribution in [2.45, 2.75) is 25.4 Å². The van der Waals surface area contributed by atoms with Crippen molar-refractivity contribution in [3.05, 3.63) is 0 Å². The molecule has 1 amide bonds. The summed E-state index contributed by atoms with van der Waals surface area (Å²) in [5, 5.41) is 6.29. The Hall–Kier alpha value is -0.690. The van der Waals surface area contributed by atoms with Crippen molar-refractivity contribution in [3.8, 4) is 0 Å². The van der Waals surface area contributed by atoms with Gasteiger partial charge in [-0.15, -0.1) is 24.0 Å². The molecule has 0 unspecified atom stereocenters. The second-order valence-corrected chi connectivity index (χ2v) is 7.12. The predicted molar refractivity (Wildman–Crippen MR) is 124 cm³/mol. The molecule has 0 atom stereocenters. The largest absolute Gasteiger partial charge is 0.383 e. The van der Waals surface area contributed by atoms with Gasteiger partial charge >= 0.3 is 0 Å². The number of rotatable bonds is 10. The monoisotopic (exact) mass is 527 g/mol. The van der Waals surface area contributed by atoms with Gasteiger partial charge in [0.15, 0.2) is 5.96 Å². The summed E-state index contributed by atoms with van der Waals surface area (Å²) in [6.45, 7) is 8.22. The number of hydrogen-bond donors (Lipinski definition) is 2. The minimum Gasteiger partial charge on any atom is -0.383 e. The molecule has 0 aromatic rings. The van der Waals surface area contributed by atoms with Crippen LogP contribution in [0.15, 0.2) is 4.99 Å². The molecule has 10 heteroatoms. The van der Waals surface area contributed by atoms with Crippen LogP contribution in [-0.2, 0) is 19.0 Å². The van der Waals surface area contributed by atoms with Gasteiger partial charge in [-0.05, 0) is 19.3 Å². The van der Waals surface area contributed by atoms with Gasteiger partial charge in [0.2, 0.25) is 5.91 Å². The van der Waals surface area contributed by atoms with Crippen molar-refractivity contribution >= 4 is 35.8 Å². The Bertz CT molecular complexity index is 470. The number of carbonyl (C=O) groups excluding carboxylic acids is 1. The van der Waals surface area contributed by atoms with Crippen LogP contribution in [0.2, 0.25) is 0 Å². The highest BCUT2D eigenvalue weighted by atomic mass is 127. The van der Waals surface area contributed by atoms with Gasteiger partial charge in [-0.25, -0.2) is 0 Å². The summed E-state index contributed by atoms with van der Waals surface area (Å²) in [6.07, 6.45) is 3.32. The van der Waals surface area contributed by atoms with Crippen LogP contribution < -0.4 is 10.6 Å². The molecule has 9 nitrogen and oxygen atoms in total. The van der Waals surface area contributed by atoms with Gasteiger partial charge in [-0.3, -0.25) is 14.7 Å². The van der Waals surface area contributed by atoms with E-state index >= 15 is 0 Å². The van der Waals surface area contributed by atoms with Crippen LogP contribution in [0.4, 0.5) is 0 Å². The number of carbonyl (C=O) groups is 1. The van der Waals surface area contributed by atoms with Crippen molar-refractivity contribution in [2.75, 3.05) is 86.4 Å². The molecular formula is C19H38IN5O4. The molecule has 29 heavy (non-hydrogen) atoms. The smallest absolute Gasteiger partial charge is 0.234 e. The zero-order chi connectivity index (χ0) is 20.0. The molecule has 0 bridgehead atoms. The van der Waals surface area contributed by atoms with Crippen LogP contribution in [0.25, 0.3) is 0 Å². The van der Waals surface area contributed by atoms with Gasteiger partial charge in [0.1, 0.15) is 0 Å². The quantitative estimate of drug-likeness (QED) is 0.181. The van der Waals surface area contributed by atoms with Crippen LogP contribution >= 0.6 is 24.0 Å². The average Bonchev–Trinajstić information content (AvgIpc) is 2.72. The normalized spacial score (nSPS) is 19.0. The van der Waals surface area contributed by atoms with Crippen LogP contribution in [0.5, 0.6) is 0 Å². The van der Waals surface area contributed by atoms with Crippen molar-refractivity contribution in [1.29, 1.82) is 0 Å². The number of halogens is 1. The van der Waals surface area contributed by atoms with E-state index in [1.807, 2.05) is 7.05 Å². The Morgan fingerprint density at radius 1 is 1.10 bits per heavy atom. The van der Waals surface area contributed by atoms with Crippen molar-refractivity contribution in [2.24, 2.45) is 4.99 Å². The summed E-state index contributed by atoms with van der Waals surface area (Å²) < 4.78 is 16.2. The molecule has 2 aliphatic rings. The molecule has 2 rings (SSSR count). The standard InChI is InChI=1S/C19H37N5O4.HI/c1-20-19(22-6-3-12-28-17-4-13-27-14-5-17)24-10-8-23(9-11-24)16-18(25)21-7-15-26-2;/h17H,3-16H2,1-2H3,(H,20,22)(H,21,25);1H. The zero-order valence-corrected chi connectivity index (χ0v) is 20.2. The third kappa shape index (κ3) is 10.8. The second kappa shape index (κ2) is 16.1. The molecule has 2 heterocycles.